The SMILES string of the molecule is CC=O.[Cl][Ti]([Cl])[Cl]. The molecule has 0 heterocycles. The Bertz CT molecular complexity index is 37.2. The van der Waals surface area contributed by atoms with Crippen LogP contribution in [-0.4, -0.2) is 6.29 Å². The van der Waals surface area contributed by atoms with Crippen LogP contribution in [0.5, 0.6) is 0 Å². The van der Waals surface area contributed by atoms with E-state index in [9.17, 15) is 0 Å². The van der Waals surface area contributed by atoms with Crippen LogP contribution in [0.3, 0.4) is 0 Å². The summed E-state index contributed by atoms with van der Waals surface area (Å²) in [4.78, 5) is 8.81. The van der Waals surface area contributed by atoms with Gasteiger partial charge >= 0.3 is 42.6 Å². The van der Waals surface area contributed by atoms with Gasteiger partial charge in [0.05, 0.1) is 0 Å². The van der Waals surface area contributed by atoms with Crippen LogP contribution >= 0.6 is 27.9 Å². The summed E-state index contributed by atoms with van der Waals surface area (Å²) in [7, 11) is 14.9. The summed E-state index contributed by atoms with van der Waals surface area (Å²) in [5.74, 6) is 0. The summed E-state index contributed by atoms with van der Waals surface area (Å²) in [6.07, 6.45) is 0.750. The molecular weight excluding hydrogens is 194 g/mol. The van der Waals surface area contributed by atoms with Crippen molar-refractivity contribution in [2.75, 3.05) is 0 Å². The van der Waals surface area contributed by atoms with Crippen LogP contribution in [0.1, 0.15) is 6.92 Å². The third-order valence-corrected chi connectivity index (χ3v) is 0. The second-order valence-corrected chi connectivity index (χ2v) is 8.19. The molecular formula is C2H4Cl3OTi. The second-order valence-electron chi connectivity index (χ2n) is 0.450. The topological polar surface area (TPSA) is 17.1 Å². The third kappa shape index (κ3) is 127. The molecule has 0 atom stereocenters. The van der Waals surface area contributed by atoms with Crippen LogP contribution in [0.2, 0.25) is 0 Å². The molecule has 0 aliphatic heterocycles. The van der Waals surface area contributed by atoms with Gasteiger partial charge in [-0.3, -0.25) is 0 Å². The molecule has 5 heteroatoms. The van der Waals surface area contributed by atoms with E-state index < -0.39 is 14.7 Å². The zero-order valence-corrected chi connectivity index (χ0v) is 7.45. The molecule has 0 rings (SSSR count). The van der Waals surface area contributed by atoms with E-state index in [1.807, 2.05) is 0 Å². The van der Waals surface area contributed by atoms with Crippen molar-refractivity contribution in [2.24, 2.45) is 0 Å². The predicted octanol–water partition coefficient (Wildman–Crippen LogP) is 2.27. The summed E-state index contributed by atoms with van der Waals surface area (Å²) in [5.41, 5.74) is 0. The van der Waals surface area contributed by atoms with E-state index >= 15 is 0 Å². The number of hydrogen-bond donors (Lipinski definition) is 0. The van der Waals surface area contributed by atoms with E-state index in [2.05, 4.69) is 0 Å². The minimum absolute atomic E-state index is 0.750. The second kappa shape index (κ2) is 10.3. The Hall–Kier alpha value is 1.25. The molecule has 43 valence electrons. The Labute approximate surface area is 60.4 Å². The van der Waals surface area contributed by atoms with E-state index in [0.717, 1.165) is 6.29 Å². The first-order valence-electron chi connectivity index (χ1n) is 1.38. The molecule has 0 aliphatic carbocycles. The van der Waals surface area contributed by atoms with Crippen molar-refractivity contribution in [1.82, 2.24) is 0 Å². The quantitative estimate of drug-likeness (QED) is 0.431. The maximum atomic E-state index is 8.81. The Morgan fingerprint density at radius 3 is 1.43 bits per heavy atom. The molecule has 0 aromatic carbocycles. The van der Waals surface area contributed by atoms with Gasteiger partial charge < -0.3 is 4.79 Å². The fourth-order valence-corrected chi connectivity index (χ4v) is 0. The van der Waals surface area contributed by atoms with Crippen LogP contribution in [0.25, 0.3) is 0 Å². The molecule has 0 unspecified atom stereocenters. The fraction of sp³-hybridized carbons (Fsp3) is 0.500. The number of rotatable bonds is 0. The molecule has 0 bridgehead atoms. The molecule has 0 spiro atoms. The molecule has 1 nitrogen and oxygen atoms in total. The molecule has 0 fully saturated rings. The number of aldehydes is 1. The van der Waals surface area contributed by atoms with Crippen molar-refractivity contribution in [2.45, 2.75) is 6.92 Å². The number of carbonyl (C=O) groups excluding carboxylic acids is 1. The van der Waals surface area contributed by atoms with E-state index in [4.69, 9.17) is 32.7 Å². The van der Waals surface area contributed by atoms with Crippen LogP contribution in [-0.2, 0) is 19.5 Å². The van der Waals surface area contributed by atoms with E-state index in [0.29, 0.717) is 0 Å². The van der Waals surface area contributed by atoms with Crippen molar-refractivity contribution >= 4 is 34.2 Å². The first-order chi connectivity index (χ1) is 3.15. The first-order valence-corrected chi connectivity index (χ1v) is 7.83. The molecule has 0 N–H and O–H groups in total. The maximum absolute atomic E-state index is 8.81. The molecule has 0 radical (unpaired) electrons. The molecule has 0 aliphatic rings. The monoisotopic (exact) mass is 197 g/mol. The van der Waals surface area contributed by atoms with Gasteiger partial charge in [0.2, 0.25) is 0 Å². The fourth-order valence-electron chi connectivity index (χ4n) is 0. The van der Waals surface area contributed by atoms with E-state index in [1.54, 1.807) is 0 Å². The summed E-state index contributed by atoms with van der Waals surface area (Å²) in [5, 5.41) is 0. The van der Waals surface area contributed by atoms with Crippen LogP contribution in [0.15, 0.2) is 0 Å². The number of carbonyl (C=O) groups is 1. The average Bonchev–Trinajstić information content (AvgIpc) is 1.33. The average molecular weight is 198 g/mol. The van der Waals surface area contributed by atoms with Crippen LogP contribution in [0.4, 0.5) is 0 Å². The normalized spacial score (nSPS) is 5.71. The van der Waals surface area contributed by atoms with Gasteiger partial charge in [0, 0.05) is 0 Å². The Kier molecular flexibility index (Phi) is 16.3. The van der Waals surface area contributed by atoms with E-state index in [1.165, 1.54) is 6.92 Å². The minimum atomic E-state index is -1.92. The summed E-state index contributed by atoms with van der Waals surface area (Å²) in [6, 6.07) is 0. The number of hydrogen-bond acceptors (Lipinski definition) is 1. The van der Waals surface area contributed by atoms with Crippen molar-refractivity contribution < 1.29 is 19.5 Å². The van der Waals surface area contributed by atoms with Gasteiger partial charge in [-0.15, -0.1) is 0 Å². The first kappa shape index (κ1) is 11.1. The van der Waals surface area contributed by atoms with Gasteiger partial charge in [-0.1, -0.05) is 0 Å². The summed E-state index contributed by atoms with van der Waals surface area (Å²) >= 11 is -1.92. The van der Waals surface area contributed by atoms with Crippen molar-refractivity contribution in [3.8, 4) is 0 Å². The summed E-state index contributed by atoms with van der Waals surface area (Å²) < 4.78 is 0. The van der Waals surface area contributed by atoms with Gasteiger partial charge in [0.1, 0.15) is 6.29 Å². The molecule has 0 aromatic rings. The number of halogens is 3. The Balaban J connectivity index is 0. The Morgan fingerprint density at radius 1 is 1.43 bits per heavy atom. The van der Waals surface area contributed by atoms with Gasteiger partial charge in [0.15, 0.2) is 0 Å². The molecule has 0 saturated carbocycles. The van der Waals surface area contributed by atoms with Crippen molar-refractivity contribution in [3.63, 3.8) is 0 Å². The van der Waals surface area contributed by atoms with Crippen molar-refractivity contribution in [1.29, 1.82) is 0 Å². The standard InChI is InChI=1S/C2H4O.3ClH.Ti/c1-2-3;;;;/h2H,1H3;3*1H;/q;;;;+3/p-3. The van der Waals surface area contributed by atoms with Crippen LogP contribution < -0.4 is 0 Å². The molecule has 0 aromatic heterocycles. The zero-order chi connectivity index (χ0) is 6.28. The Morgan fingerprint density at radius 2 is 1.43 bits per heavy atom. The molecule has 0 saturated heterocycles. The summed E-state index contributed by atoms with van der Waals surface area (Å²) in [6.45, 7) is 1.44. The predicted molar refractivity (Wildman–Crippen MR) is 29.3 cm³/mol. The van der Waals surface area contributed by atoms with Gasteiger partial charge in [0.25, 0.3) is 0 Å². The molecule has 7 heavy (non-hydrogen) atoms. The van der Waals surface area contributed by atoms with Gasteiger partial charge in [-0.05, 0) is 6.92 Å². The third-order valence-electron chi connectivity index (χ3n) is 0. The van der Waals surface area contributed by atoms with Gasteiger partial charge in [-0.2, -0.15) is 0 Å². The molecule has 0 amide bonds. The zero-order valence-electron chi connectivity index (χ0n) is 3.62. The van der Waals surface area contributed by atoms with Crippen molar-refractivity contribution in [3.05, 3.63) is 0 Å². The van der Waals surface area contributed by atoms with Gasteiger partial charge in [-0.25, -0.2) is 0 Å². The van der Waals surface area contributed by atoms with E-state index in [-0.39, 0.29) is 0 Å². The van der Waals surface area contributed by atoms with Crippen LogP contribution in [0, 0.1) is 0 Å².